The zero-order valence-corrected chi connectivity index (χ0v) is 14.5. The third-order valence-corrected chi connectivity index (χ3v) is 4.52. The summed E-state index contributed by atoms with van der Waals surface area (Å²) in [6, 6.07) is 7.30. The molecular formula is C14H16ClN7OS. The first-order valence-corrected chi connectivity index (χ1v) is 9.68. The summed E-state index contributed by atoms with van der Waals surface area (Å²) in [7, 11) is -2.51. The normalized spacial score (nSPS) is 13.8. The summed E-state index contributed by atoms with van der Waals surface area (Å²) >= 11 is 5.87. The van der Waals surface area contributed by atoms with Gasteiger partial charge in [-0.3, -0.25) is 8.99 Å². The van der Waals surface area contributed by atoms with Crippen LogP contribution in [0.1, 0.15) is 11.4 Å². The summed E-state index contributed by atoms with van der Waals surface area (Å²) < 4.78 is 22.1. The van der Waals surface area contributed by atoms with Crippen LogP contribution in [0.2, 0.25) is 5.02 Å². The Kier molecular flexibility index (Phi) is 4.63. The lowest BCUT2D eigenvalue weighted by molar-refractivity contribution is 0.636. The molecule has 8 nitrogen and oxygen atoms in total. The second-order valence-corrected chi connectivity index (χ2v) is 8.35. The van der Waals surface area contributed by atoms with E-state index in [1.54, 1.807) is 27.7 Å². The zero-order valence-electron chi connectivity index (χ0n) is 13.0. The lowest BCUT2D eigenvalue weighted by atomic mass is 10.3. The van der Waals surface area contributed by atoms with Gasteiger partial charge in [0, 0.05) is 39.4 Å². The Morgan fingerprint density at radius 3 is 2.54 bits per heavy atom. The van der Waals surface area contributed by atoms with E-state index < -0.39 is 9.73 Å². The third kappa shape index (κ3) is 4.39. The molecule has 2 heterocycles. The van der Waals surface area contributed by atoms with E-state index in [0.29, 0.717) is 23.7 Å². The van der Waals surface area contributed by atoms with Crippen molar-refractivity contribution in [2.75, 3.05) is 12.0 Å². The number of aromatic nitrogens is 6. The topological polar surface area (TPSA) is 102 Å². The Bertz CT molecular complexity index is 930. The van der Waals surface area contributed by atoms with Gasteiger partial charge in [0.2, 0.25) is 0 Å². The van der Waals surface area contributed by atoms with Crippen molar-refractivity contribution < 1.29 is 4.21 Å². The molecule has 0 radical (unpaired) electrons. The molecule has 0 aliphatic carbocycles. The highest BCUT2D eigenvalue weighted by molar-refractivity contribution is 7.91. The van der Waals surface area contributed by atoms with Crippen LogP contribution >= 0.6 is 11.6 Å². The van der Waals surface area contributed by atoms with Crippen LogP contribution in [0.15, 0.2) is 36.7 Å². The molecule has 0 spiro atoms. The van der Waals surface area contributed by atoms with Crippen LogP contribution in [0.4, 0.5) is 0 Å². The van der Waals surface area contributed by atoms with E-state index in [9.17, 15) is 4.21 Å². The molecule has 1 unspecified atom stereocenters. The van der Waals surface area contributed by atoms with E-state index in [0.717, 1.165) is 11.4 Å². The molecule has 1 N–H and O–H groups in total. The van der Waals surface area contributed by atoms with E-state index in [1.165, 1.54) is 6.26 Å². The number of aryl methyl sites for hydroxylation is 1. The summed E-state index contributed by atoms with van der Waals surface area (Å²) in [4.78, 5) is 0. The smallest absolute Gasteiger partial charge is 0.105 e. The molecule has 1 atom stereocenters. The molecule has 24 heavy (non-hydrogen) atoms. The molecular weight excluding hydrogens is 350 g/mol. The highest BCUT2D eigenvalue weighted by Crippen LogP contribution is 2.13. The van der Waals surface area contributed by atoms with E-state index in [2.05, 4.69) is 20.6 Å². The quantitative estimate of drug-likeness (QED) is 0.717. The standard InChI is InChI=1S/C14H16ClN7OS/c1-24(16,23)7-6-12-8-21(19-17-12)9-13-10-22(20-18-13)14-4-2-11(15)3-5-14/h2-5,8,10,16H,6-7,9H2,1H3. The molecule has 10 heteroatoms. The Morgan fingerprint density at radius 1 is 1.12 bits per heavy atom. The molecule has 3 rings (SSSR count). The molecule has 2 aromatic heterocycles. The van der Waals surface area contributed by atoms with Gasteiger partial charge < -0.3 is 0 Å². The molecule has 3 aromatic rings. The number of hydrogen-bond donors (Lipinski definition) is 1. The number of rotatable bonds is 6. The van der Waals surface area contributed by atoms with Gasteiger partial charge in [0.15, 0.2) is 0 Å². The van der Waals surface area contributed by atoms with Gasteiger partial charge in [0.25, 0.3) is 0 Å². The number of nitrogens with zero attached hydrogens (tertiary/aromatic N) is 6. The van der Waals surface area contributed by atoms with E-state index >= 15 is 0 Å². The van der Waals surface area contributed by atoms with Crippen LogP contribution in [0.25, 0.3) is 5.69 Å². The van der Waals surface area contributed by atoms with E-state index in [1.807, 2.05) is 18.3 Å². The molecule has 0 saturated carbocycles. The van der Waals surface area contributed by atoms with Crippen molar-refractivity contribution in [3.63, 3.8) is 0 Å². The van der Waals surface area contributed by atoms with Gasteiger partial charge in [0.1, 0.15) is 5.69 Å². The largest absolute Gasteiger partial charge is 0.253 e. The van der Waals surface area contributed by atoms with Crippen LogP contribution in [0, 0.1) is 4.78 Å². The predicted molar refractivity (Wildman–Crippen MR) is 90.9 cm³/mol. The van der Waals surface area contributed by atoms with Crippen molar-refractivity contribution in [2.24, 2.45) is 0 Å². The maximum absolute atomic E-state index is 11.4. The van der Waals surface area contributed by atoms with Gasteiger partial charge >= 0.3 is 0 Å². The molecule has 0 bridgehead atoms. The summed E-state index contributed by atoms with van der Waals surface area (Å²) in [5.74, 6) is 0.276. The number of nitrogens with one attached hydrogen (secondary N) is 1. The van der Waals surface area contributed by atoms with Gasteiger partial charge in [-0.05, 0) is 24.3 Å². The maximum atomic E-state index is 11.4. The molecule has 0 amide bonds. The van der Waals surface area contributed by atoms with E-state index in [4.69, 9.17) is 16.4 Å². The maximum Gasteiger partial charge on any atom is 0.105 e. The van der Waals surface area contributed by atoms with Crippen LogP contribution < -0.4 is 0 Å². The van der Waals surface area contributed by atoms with Crippen LogP contribution in [-0.4, -0.2) is 46.2 Å². The van der Waals surface area contributed by atoms with Crippen LogP contribution in [0.3, 0.4) is 0 Å². The molecule has 0 aliphatic rings. The lowest BCUT2D eigenvalue weighted by Gasteiger charge is -1.99. The second kappa shape index (κ2) is 6.70. The third-order valence-electron chi connectivity index (χ3n) is 3.29. The lowest BCUT2D eigenvalue weighted by Crippen LogP contribution is -2.04. The van der Waals surface area contributed by atoms with Gasteiger partial charge in [-0.25, -0.2) is 9.36 Å². The molecule has 1 aromatic carbocycles. The highest BCUT2D eigenvalue weighted by atomic mass is 35.5. The average molecular weight is 366 g/mol. The predicted octanol–water partition coefficient (Wildman–Crippen LogP) is 1.78. The first-order chi connectivity index (χ1) is 11.4. The van der Waals surface area contributed by atoms with Crippen LogP contribution in [-0.2, 0) is 22.7 Å². The fourth-order valence-corrected chi connectivity index (χ4v) is 2.81. The van der Waals surface area contributed by atoms with Crippen molar-refractivity contribution in [2.45, 2.75) is 13.0 Å². The van der Waals surface area contributed by atoms with Crippen molar-refractivity contribution in [1.29, 1.82) is 4.78 Å². The molecule has 0 fully saturated rings. The van der Waals surface area contributed by atoms with Crippen molar-refractivity contribution in [1.82, 2.24) is 30.0 Å². The average Bonchev–Trinajstić information content (AvgIpc) is 3.15. The molecule has 126 valence electrons. The van der Waals surface area contributed by atoms with Crippen molar-refractivity contribution in [3.05, 3.63) is 53.1 Å². The summed E-state index contributed by atoms with van der Waals surface area (Å²) in [5.41, 5.74) is 2.31. The highest BCUT2D eigenvalue weighted by Gasteiger charge is 2.08. The first kappa shape index (κ1) is 16.6. The zero-order chi connectivity index (χ0) is 17.2. The Morgan fingerprint density at radius 2 is 1.83 bits per heavy atom. The van der Waals surface area contributed by atoms with Gasteiger partial charge in [-0.15, -0.1) is 10.2 Å². The first-order valence-electron chi connectivity index (χ1n) is 7.17. The Balaban J connectivity index is 1.67. The molecule has 0 aliphatic heterocycles. The summed E-state index contributed by atoms with van der Waals surface area (Å²) in [6.07, 6.45) is 5.47. The summed E-state index contributed by atoms with van der Waals surface area (Å²) in [6.45, 7) is 0.433. The fraction of sp³-hybridized carbons (Fsp3) is 0.286. The summed E-state index contributed by atoms with van der Waals surface area (Å²) in [5, 5.41) is 16.9. The number of hydrogen-bond acceptors (Lipinski definition) is 6. The molecule has 0 saturated heterocycles. The second-order valence-electron chi connectivity index (χ2n) is 5.50. The van der Waals surface area contributed by atoms with Gasteiger partial charge in [0.05, 0.1) is 24.1 Å². The Hall–Kier alpha value is -2.26. The van der Waals surface area contributed by atoms with E-state index in [-0.39, 0.29) is 5.75 Å². The van der Waals surface area contributed by atoms with Crippen molar-refractivity contribution >= 4 is 21.3 Å². The fourth-order valence-electron chi connectivity index (χ4n) is 2.09. The minimum absolute atomic E-state index is 0.276. The monoisotopic (exact) mass is 365 g/mol. The minimum atomic E-state index is -2.51. The number of halogens is 1. The van der Waals surface area contributed by atoms with Gasteiger partial charge in [-0.2, -0.15) is 0 Å². The SMILES string of the molecule is CS(=N)(=O)CCc1cn(Cc2cn(-c3ccc(Cl)cc3)nn2)nn1. The minimum Gasteiger partial charge on any atom is -0.253 e. The van der Waals surface area contributed by atoms with Gasteiger partial charge in [-0.1, -0.05) is 22.0 Å². The van der Waals surface area contributed by atoms with Crippen LogP contribution in [0.5, 0.6) is 0 Å². The number of benzene rings is 1. The Labute approximate surface area is 144 Å². The van der Waals surface area contributed by atoms with Crippen molar-refractivity contribution in [3.8, 4) is 5.69 Å².